The number of hydrogen-bond acceptors (Lipinski definition) is 8. The molecule has 10 heteroatoms. The number of rotatable bonds is 4. The molecule has 3 aromatic rings. The quantitative estimate of drug-likeness (QED) is 0.544. The summed E-state index contributed by atoms with van der Waals surface area (Å²) in [5.41, 5.74) is 4.01. The lowest BCUT2D eigenvalue weighted by atomic mass is 10.0. The number of ether oxygens (including phenoxy) is 2. The van der Waals surface area contributed by atoms with E-state index in [0.717, 1.165) is 45.3 Å². The van der Waals surface area contributed by atoms with E-state index in [1.165, 1.54) is 28.2 Å². The van der Waals surface area contributed by atoms with E-state index in [1.807, 2.05) is 35.3 Å². The third-order valence-corrected chi connectivity index (χ3v) is 8.13. The van der Waals surface area contributed by atoms with Crippen molar-refractivity contribution < 1.29 is 19.1 Å². The van der Waals surface area contributed by atoms with Crippen LogP contribution in [0.4, 0.5) is 5.13 Å². The van der Waals surface area contributed by atoms with E-state index in [9.17, 15) is 9.59 Å². The summed E-state index contributed by atoms with van der Waals surface area (Å²) in [4.78, 5) is 37.9. The van der Waals surface area contributed by atoms with E-state index >= 15 is 0 Å². The zero-order chi connectivity index (χ0) is 24.5. The summed E-state index contributed by atoms with van der Waals surface area (Å²) in [5.74, 6) is 0.665. The van der Waals surface area contributed by atoms with Crippen LogP contribution in [0.1, 0.15) is 39.5 Å². The maximum absolute atomic E-state index is 13.1. The number of carbonyl (C=O) groups is 2. The number of aromatic nitrogens is 2. The molecule has 3 aliphatic rings. The summed E-state index contributed by atoms with van der Waals surface area (Å²) >= 11 is 2.80. The van der Waals surface area contributed by atoms with E-state index in [4.69, 9.17) is 9.47 Å². The number of nitrogens with zero attached hydrogens (tertiary/aromatic N) is 3. The topological polar surface area (TPSA) is 93.7 Å². The largest absolute Gasteiger partial charge is 0.493 e. The molecule has 1 aliphatic carbocycles. The van der Waals surface area contributed by atoms with Crippen LogP contribution >= 0.6 is 22.7 Å². The number of thiazole rings is 2. The molecule has 6 rings (SSSR count). The number of benzene rings is 1. The SMILES string of the molecule is O=C(Nc1nc2c(s1)C=C(C(=O)N1CCOCC1)CCC=C2)c1csc(-c2ccc3c(c2)CCO3)n1. The fraction of sp³-hybridized carbons (Fsp3) is 0.308. The first-order valence-corrected chi connectivity index (χ1v) is 13.6. The molecule has 2 aromatic heterocycles. The predicted molar refractivity (Wildman–Crippen MR) is 140 cm³/mol. The van der Waals surface area contributed by atoms with Gasteiger partial charge in [0, 0.05) is 36.0 Å². The van der Waals surface area contributed by atoms with Crippen molar-refractivity contribution in [2.75, 3.05) is 38.2 Å². The summed E-state index contributed by atoms with van der Waals surface area (Å²) in [6.07, 6.45) is 8.21. The smallest absolute Gasteiger partial charge is 0.276 e. The molecular formula is C26H24N4O4S2. The Bertz CT molecular complexity index is 1380. The molecule has 1 fully saturated rings. The average Bonchev–Trinajstić information content (AvgIpc) is 3.64. The van der Waals surface area contributed by atoms with E-state index in [1.54, 1.807) is 5.38 Å². The zero-order valence-corrected chi connectivity index (χ0v) is 21.1. The number of anilines is 1. The molecule has 1 aromatic carbocycles. The Hall–Kier alpha value is -3.34. The van der Waals surface area contributed by atoms with Crippen LogP contribution in [-0.2, 0) is 16.0 Å². The first-order valence-electron chi connectivity index (χ1n) is 11.9. The van der Waals surface area contributed by atoms with Gasteiger partial charge in [0.05, 0.1) is 30.4 Å². The van der Waals surface area contributed by atoms with Crippen molar-refractivity contribution in [3.63, 3.8) is 0 Å². The summed E-state index contributed by atoms with van der Waals surface area (Å²) in [6, 6.07) is 6.02. The van der Waals surface area contributed by atoms with E-state index < -0.39 is 0 Å². The molecule has 0 radical (unpaired) electrons. The van der Waals surface area contributed by atoms with Gasteiger partial charge in [-0.3, -0.25) is 14.9 Å². The maximum atomic E-state index is 13.1. The number of carbonyl (C=O) groups excluding carboxylic acids is 2. The predicted octanol–water partition coefficient (Wildman–Crippen LogP) is 4.50. The number of hydrogen-bond donors (Lipinski definition) is 1. The van der Waals surface area contributed by atoms with Gasteiger partial charge >= 0.3 is 0 Å². The van der Waals surface area contributed by atoms with Crippen molar-refractivity contribution >= 4 is 51.8 Å². The van der Waals surface area contributed by atoms with Crippen LogP contribution < -0.4 is 10.1 Å². The van der Waals surface area contributed by atoms with Crippen molar-refractivity contribution in [1.29, 1.82) is 0 Å². The van der Waals surface area contributed by atoms with Crippen LogP contribution in [0.5, 0.6) is 5.75 Å². The molecule has 8 nitrogen and oxygen atoms in total. The summed E-state index contributed by atoms with van der Waals surface area (Å²) < 4.78 is 11.0. The van der Waals surface area contributed by atoms with Gasteiger partial charge in [-0.1, -0.05) is 17.4 Å². The van der Waals surface area contributed by atoms with Gasteiger partial charge in [-0.15, -0.1) is 11.3 Å². The van der Waals surface area contributed by atoms with Crippen molar-refractivity contribution in [2.24, 2.45) is 0 Å². The normalized spacial score (nSPS) is 16.9. The molecule has 1 N–H and O–H groups in total. The Kier molecular flexibility index (Phi) is 6.39. The van der Waals surface area contributed by atoms with Crippen LogP contribution in [0.2, 0.25) is 0 Å². The molecule has 0 bridgehead atoms. The highest BCUT2D eigenvalue weighted by molar-refractivity contribution is 7.17. The lowest BCUT2D eigenvalue weighted by molar-refractivity contribution is -0.131. The van der Waals surface area contributed by atoms with Gasteiger partial charge in [-0.2, -0.15) is 0 Å². The highest BCUT2D eigenvalue weighted by Gasteiger charge is 2.23. The summed E-state index contributed by atoms with van der Waals surface area (Å²) in [6.45, 7) is 3.06. The minimum Gasteiger partial charge on any atom is -0.493 e. The molecule has 184 valence electrons. The van der Waals surface area contributed by atoms with Crippen molar-refractivity contribution in [3.05, 3.63) is 57.1 Å². The van der Waals surface area contributed by atoms with Gasteiger partial charge in [-0.05, 0) is 48.8 Å². The lowest BCUT2D eigenvalue weighted by Crippen LogP contribution is -2.41. The highest BCUT2D eigenvalue weighted by Crippen LogP contribution is 2.33. The maximum Gasteiger partial charge on any atom is 0.276 e. The Morgan fingerprint density at radius 1 is 1.08 bits per heavy atom. The number of morpholine rings is 1. The third-order valence-electron chi connectivity index (χ3n) is 6.31. The molecule has 0 spiro atoms. The van der Waals surface area contributed by atoms with E-state index in [2.05, 4.69) is 21.4 Å². The number of nitrogens with one attached hydrogen (secondary N) is 1. The Morgan fingerprint density at radius 2 is 1.97 bits per heavy atom. The first kappa shape index (κ1) is 23.1. The van der Waals surface area contributed by atoms with Crippen LogP contribution in [0.15, 0.2) is 35.2 Å². The number of amides is 2. The van der Waals surface area contributed by atoms with Gasteiger partial charge < -0.3 is 14.4 Å². The van der Waals surface area contributed by atoms with Crippen LogP contribution in [0.25, 0.3) is 22.7 Å². The number of allylic oxidation sites excluding steroid dienone is 1. The minimum atomic E-state index is -0.304. The van der Waals surface area contributed by atoms with Crippen molar-refractivity contribution in [3.8, 4) is 16.3 Å². The Balaban J connectivity index is 1.19. The van der Waals surface area contributed by atoms with Gasteiger partial charge in [0.1, 0.15) is 16.5 Å². The molecule has 0 atom stereocenters. The van der Waals surface area contributed by atoms with Crippen molar-refractivity contribution in [1.82, 2.24) is 14.9 Å². The average molecular weight is 521 g/mol. The minimum absolute atomic E-state index is 0.0478. The van der Waals surface area contributed by atoms with Gasteiger partial charge in [0.25, 0.3) is 5.91 Å². The van der Waals surface area contributed by atoms with Crippen LogP contribution in [0.3, 0.4) is 0 Å². The van der Waals surface area contributed by atoms with E-state index in [0.29, 0.717) is 50.2 Å². The molecular weight excluding hydrogens is 496 g/mol. The van der Waals surface area contributed by atoms with Crippen LogP contribution in [-0.4, -0.2) is 59.6 Å². The summed E-state index contributed by atoms with van der Waals surface area (Å²) in [7, 11) is 0. The highest BCUT2D eigenvalue weighted by atomic mass is 32.1. The molecule has 1 saturated heterocycles. The molecule has 4 heterocycles. The van der Waals surface area contributed by atoms with Crippen LogP contribution in [0, 0.1) is 0 Å². The fourth-order valence-electron chi connectivity index (χ4n) is 4.41. The van der Waals surface area contributed by atoms with E-state index in [-0.39, 0.29) is 11.8 Å². The zero-order valence-electron chi connectivity index (χ0n) is 19.5. The molecule has 2 amide bonds. The number of fused-ring (bicyclic) bond motifs is 2. The second kappa shape index (κ2) is 9.96. The van der Waals surface area contributed by atoms with Gasteiger partial charge in [0.15, 0.2) is 5.13 Å². The van der Waals surface area contributed by atoms with Gasteiger partial charge in [0.2, 0.25) is 5.91 Å². The standard InChI is InChI=1S/C26H24N4O4S2/c31-23(20-15-35-24(27-20)17-5-6-21-16(13-17)7-10-34-21)29-26-28-19-4-2-1-3-18(14-22(19)36-26)25(32)30-8-11-33-12-9-30/h2,4-6,13-15H,1,3,7-12H2,(H,28,29,31). The third kappa shape index (κ3) is 4.71. The molecule has 0 unspecified atom stereocenters. The molecule has 0 saturated carbocycles. The monoisotopic (exact) mass is 520 g/mol. The van der Waals surface area contributed by atoms with Crippen molar-refractivity contribution in [2.45, 2.75) is 19.3 Å². The molecule has 2 aliphatic heterocycles. The fourth-order valence-corrected chi connectivity index (χ4v) is 6.13. The van der Waals surface area contributed by atoms with Gasteiger partial charge in [-0.25, -0.2) is 9.97 Å². The second-order valence-electron chi connectivity index (χ2n) is 8.70. The first-order chi connectivity index (χ1) is 17.6. The summed E-state index contributed by atoms with van der Waals surface area (Å²) in [5, 5.41) is 5.92. The Morgan fingerprint density at radius 3 is 2.86 bits per heavy atom. The molecule has 36 heavy (non-hydrogen) atoms. The Labute approximate surface area is 216 Å². The second-order valence-corrected chi connectivity index (χ2v) is 10.6. The lowest BCUT2D eigenvalue weighted by Gasteiger charge is -2.28.